The second-order valence-electron chi connectivity index (χ2n) is 4.99. The third-order valence-electron chi connectivity index (χ3n) is 3.58. The monoisotopic (exact) mass is 272 g/mol. The SMILES string of the molecule is Cc1cc(N(C)C2CN(c3cn[nH]c(=O)c3)C2)ncn1. The lowest BCUT2D eigenvalue weighted by Gasteiger charge is -2.45. The highest BCUT2D eigenvalue weighted by Gasteiger charge is 2.31. The second kappa shape index (κ2) is 4.92. The standard InChI is InChI=1S/C13H16N6O/c1-9-3-12(15-8-14-9)18(2)11-6-19(7-11)10-4-13(20)17-16-5-10/h3-5,8,11H,6-7H2,1-2H3,(H,17,20). The lowest BCUT2D eigenvalue weighted by molar-refractivity contribution is 0.492. The molecule has 0 bridgehead atoms. The Morgan fingerprint density at radius 2 is 2.15 bits per heavy atom. The van der Waals surface area contributed by atoms with Crippen molar-refractivity contribution < 1.29 is 0 Å². The molecule has 1 fully saturated rings. The van der Waals surface area contributed by atoms with Crippen LogP contribution in [0.2, 0.25) is 0 Å². The number of aromatic nitrogens is 4. The van der Waals surface area contributed by atoms with Gasteiger partial charge in [0.05, 0.1) is 17.9 Å². The first-order chi connectivity index (χ1) is 9.63. The topological polar surface area (TPSA) is 78.0 Å². The van der Waals surface area contributed by atoms with E-state index in [1.165, 1.54) is 0 Å². The molecule has 0 amide bonds. The summed E-state index contributed by atoms with van der Waals surface area (Å²) in [5.41, 5.74) is 1.64. The number of aryl methyl sites for hydroxylation is 1. The number of aromatic amines is 1. The van der Waals surface area contributed by atoms with Crippen molar-refractivity contribution in [2.45, 2.75) is 13.0 Å². The molecule has 1 saturated heterocycles. The fourth-order valence-electron chi connectivity index (χ4n) is 2.27. The minimum Gasteiger partial charge on any atom is -0.366 e. The Labute approximate surface area is 116 Å². The maximum atomic E-state index is 11.2. The van der Waals surface area contributed by atoms with Gasteiger partial charge in [-0.3, -0.25) is 4.79 Å². The van der Waals surface area contributed by atoms with Gasteiger partial charge in [0.2, 0.25) is 0 Å². The van der Waals surface area contributed by atoms with E-state index in [1.807, 2.05) is 20.0 Å². The molecule has 104 valence electrons. The van der Waals surface area contributed by atoms with Crippen LogP contribution < -0.4 is 15.4 Å². The molecule has 20 heavy (non-hydrogen) atoms. The average Bonchev–Trinajstić information content (AvgIpc) is 2.37. The highest BCUT2D eigenvalue weighted by molar-refractivity contribution is 5.50. The third-order valence-corrected chi connectivity index (χ3v) is 3.58. The molecule has 7 nitrogen and oxygen atoms in total. The number of likely N-dealkylation sites (N-methyl/N-ethyl adjacent to an activating group) is 1. The molecule has 0 radical (unpaired) electrons. The summed E-state index contributed by atoms with van der Waals surface area (Å²) in [7, 11) is 2.03. The van der Waals surface area contributed by atoms with Crippen LogP contribution in [0.1, 0.15) is 5.69 Å². The molecule has 7 heteroatoms. The Bertz CT molecular complexity index is 664. The van der Waals surface area contributed by atoms with Crippen molar-refractivity contribution in [2.24, 2.45) is 0 Å². The van der Waals surface area contributed by atoms with Crippen molar-refractivity contribution in [2.75, 3.05) is 29.9 Å². The Balaban J connectivity index is 1.67. The molecular weight excluding hydrogens is 256 g/mol. The maximum Gasteiger partial charge on any atom is 0.266 e. The number of rotatable bonds is 3. The van der Waals surface area contributed by atoms with E-state index in [-0.39, 0.29) is 5.56 Å². The molecule has 0 aromatic carbocycles. The Hall–Kier alpha value is -2.44. The van der Waals surface area contributed by atoms with Crippen molar-refractivity contribution in [3.05, 3.63) is 40.7 Å². The molecule has 0 saturated carbocycles. The maximum absolute atomic E-state index is 11.2. The summed E-state index contributed by atoms with van der Waals surface area (Å²) in [4.78, 5) is 23.9. The van der Waals surface area contributed by atoms with Gasteiger partial charge in [-0.1, -0.05) is 0 Å². The van der Waals surface area contributed by atoms with Crippen molar-refractivity contribution in [3.8, 4) is 0 Å². The van der Waals surface area contributed by atoms with Crippen molar-refractivity contribution in [1.82, 2.24) is 20.2 Å². The smallest absolute Gasteiger partial charge is 0.266 e. The molecule has 1 N–H and O–H groups in total. The van der Waals surface area contributed by atoms with Crippen LogP contribution in [-0.2, 0) is 0 Å². The van der Waals surface area contributed by atoms with Crippen LogP contribution in [0.3, 0.4) is 0 Å². The molecule has 1 aliphatic heterocycles. The summed E-state index contributed by atoms with van der Waals surface area (Å²) in [6, 6.07) is 3.92. The van der Waals surface area contributed by atoms with Crippen LogP contribution in [0.5, 0.6) is 0 Å². The summed E-state index contributed by atoms with van der Waals surface area (Å²) in [6.07, 6.45) is 3.25. The molecule has 3 rings (SSSR count). The normalized spacial score (nSPS) is 15.0. The van der Waals surface area contributed by atoms with E-state index in [0.717, 1.165) is 30.3 Å². The lowest BCUT2D eigenvalue weighted by atomic mass is 10.1. The quantitative estimate of drug-likeness (QED) is 0.859. The van der Waals surface area contributed by atoms with Gasteiger partial charge in [0.15, 0.2) is 0 Å². The first kappa shape index (κ1) is 12.6. The summed E-state index contributed by atoms with van der Waals surface area (Å²) in [5, 5.41) is 6.19. The van der Waals surface area contributed by atoms with Gasteiger partial charge in [0, 0.05) is 38.0 Å². The summed E-state index contributed by atoms with van der Waals surface area (Å²) in [5.74, 6) is 0.922. The molecule has 1 aliphatic rings. The molecule has 3 heterocycles. The van der Waals surface area contributed by atoms with Crippen LogP contribution in [-0.4, -0.2) is 46.3 Å². The summed E-state index contributed by atoms with van der Waals surface area (Å²) >= 11 is 0. The Morgan fingerprint density at radius 3 is 2.85 bits per heavy atom. The van der Waals surface area contributed by atoms with Gasteiger partial charge in [0.25, 0.3) is 5.56 Å². The van der Waals surface area contributed by atoms with Gasteiger partial charge >= 0.3 is 0 Å². The first-order valence-electron chi connectivity index (χ1n) is 6.44. The zero-order chi connectivity index (χ0) is 14.1. The van der Waals surface area contributed by atoms with Crippen LogP contribution in [0.25, 0.3) is 0 Å². The highest BCUT2D eigenvalue weighted by Crippen LogP contribution is 2.23. The summed E-state index contributed by atoms with van der Waals surface area (Å²) < 4.78 is 0. The largest absolute Gasteiger partial charge is 0.366 e. The van der Waals surface area contributed by atoms with E-state index >= 15 is 0 Å². The third kappa shape index (κ3) is 2.34. The van der Waals surface area contributed by atoms with E-state index in [0.29, 0.717) is 6.04 Å². The van der Waals surface area contributed by atoms with Crippen LogP contribution in [0.15, 0.2) is 29.5 Å². The van der Waals surface area contributed by atoms with E-state index in [1.54, 1.807) is 18.6 Å². The lowest BCUT2D eigenvalue weighted by Crippen LogP contribution is -2.59. The Kier molecular flexibility index (Phi) is 3.09. The van der Waals surface area contributed by atoms with E-state index in [9.17, 15) is 4.79 Å². The number of anilines is 2. The predicted octanol–water partition coefficient (Wildman–Crippen LogP) is 0.193. The molecule has 2 aromatic heterocycles. The number of hydrogen-bond acceptors (Lipinski definition) is 6. The van der Waals surface area contributed by atoms with Gasteiger partial charge in [-0.15, -0.1) is 0 Å². The molecule has 0 unspecified atom stereocenters. The fraction of sp³-hybridized carbons (Fsp3) is 0.385. The minimum absolute atomic E-state index is 0.175. The molecule has 0 aliphatic carbocycles. The van der Waals surface area contributed by atoms with Crippen molar-refractivity contribution in [1.29, 1.82) is 0 Å². The summed E-state index contributed by atoms with van der Waals surface area (Å²) in [6.45, 7) is 3.66. The highest BCUT2D eigenvalue weighted by atomic mass is 16.1. The van der Waals surface area contributed by atoms with Crippen molar-refractivity contribution >= 4 is 11.5 Å². The van der Waals surface area contributed by atoms with Gasteiger partial charge in [-0.05, 0) is 6.92 Å². The van der Waals surface area contributed by atoms with E-state index < -0.39 is 0 Å². The van der Waals surface area contributed by atoms with Crippen LogP contribution in [0.4, 0.5) is 11.5 Å². The van der Waals surface area contributed by atoms with Gasteiger partial charge < -0.3 is 9.80 Å². The first-order valence-corrected chi connectivity index (χ1v) is 6.44. The van der Waals surface area contributed by atoms with Crippen LogP contribution in [0, 0.1) is 6.92 Å². The zero-order valence-corrected chi connectivity index (χ0v) is 11.4. The molecule has 0 atom stereocenters. The predicted molar refractivity (Wildman–Crippen MR) is 76.0 cm³/mol. The van der Waals surface area contributed by atoms with Crippen LogP contribution >= 0.6 is 0 Å². The minimum atomic E-state index is -0.175. The number of nitrogens with zero attached hydrogens (tertiary/aromatic N) is 5. The van der Waals surface area contributed by atoms with Gasteiger partial charge in [-0.25, -0.2) is 15.1 Å². The average molecular weight is 272 g/mol. The van der Waals surface area contributed by atoms with Gasteiger partial charge in [-0.2, -0.15) is 5.10 Å². The number of hydrogen-bond donors (Lipinski definition) is 1. The zero-order valence-electron chi connectivity index (χ0n) is 11.4. The fourth-order valence-corrected chi connectivity index (χ4v) is 2.27. The van der Waals surface area contributed by atoms with E-state index in [2.05, 4.69) is 30.0 Å². The number of nitrogens with one attached hydrogen (secondary N) is 1. The Morgan fingerprint density at radius 1 is 1.35 bits per heavy atom. The van der Waals surface area contributed by atoms with Gasteiger partial charge in [0.1, 0.15) is 12.1 Å². The number of H-pyrrole nitrogens is 1. The van der Waals surface area contributed by atoms with Crippen molar-refractivity contribution in [3.63, 3.8) is 0 Å². The molecule has 2 aromatic rings. The van der Waals surface area contributed by atoms with E-state index in [4.69, 9.17) is 0 Å². The molecular formula is C13H16N6O. The second-order valence-corrected chi connectivity index (χ2v) is 4.99. The molecule has 0 spiro atoms.